The highest BCUT2D eigenvalue weighted by Gasteiger charge is 2.63. The number of fused-ring (bicyclic) bond motifs is 15. The van der Waals surface area contributed by atoms with Gasteiger partial charge in [0.2, 0.25) is 8.32 Å². The smallest absolute Gasteiger partial charge is 0.200 e. The van der Waals surface area contributed by atoms with Crippen LogP contribution in [-0.4, -0.2) is 43.3 Å². The quantitative estimate of drug-likeness (QED) is 0.111. The van der Waals surface area contributed by atoms with E-state index in [2.05, 4.69) is 214 Å². The molecule has 3 nitrogen and oxygen atoms in total. The molecule has 0 heterocycles. The fourth-order valence-electron chi connectivity index (χ4n) is 26.3. The normalized spacial score (nSPS) is 42.0. The van der Waals surface area contributed by atoms with Crippen molar-refractivity contribution in [3.05, 3.63) is 46.6 Å². The van der Waals surface area contributed by atoms with Crippen LogP contribution >= 0.6 is 0 Å². The molecule has 0 N–H and O–H groups in total. The Balaban J connectivity index is 0.000000157. The van der Waals surface area contributed by atoms with Crippen LogP contribution in [0.15, 0.2) is 46.6 Å². The minimum atomic E-state index is -1.82. The molecule has 12 aliphatic carbocycles. The Morgan fingerprint density at radius 3 is 1.17 bits per heavy atom. The van der Waals surface area contributed by atoms with E-state index in [1.807, 2.05) is 0 Å². The van der Waals surface area contributed by atoms with Crippen LogP contribution in [-0.2, 0) is 13.3 Å². The number of hydrogen-bond acceptors (Lipinski definition) is 3. The fraction of sp³-hybridized carbons (Fsp3) is 0.844. The van der Waals surface area contributed by atoms with Gasteiger partial charge in [-0.05, 0) is 298 Å². The van der Waals surface area contributed by atoms with Crippen molar-refractivity contribution in [2.75, 3.05) is 0 Å². The highest BCUT2D eigenvalue weighted by Crippen LogP contribution is 2.71. The minimum absolute atomic E-state index is 0.282. The lowest BCUT2D eigenvalue weighted by molar-refractivity contribution is -0.0529. The third-order valence-electron chi connectivity index (χ3n) is 34.1. The molecular formula is C90H148O3Si3. The molecule has 9 saturated carbocycles. The van der Waals surface area contributed by atoms with E-state index in [0.717, 1.165) is 65.6 Å². The van der Waals surface area contributed by atoms with Gasteiger partial charge >= 0.3 is 0 Å². The van der Waals surface area contributed by atoms with Crippen molar-refractivity contribution < 1.29 is 13.3 Å². The van der Waals surface area contributed by atoms with Gasteiger partial charge in [0.25, 0.3) is 0 Å². The maximum atomic E-state index is 7.31. The van der Waals surface area contributed by atoms with Crippen molar-refractivity contribution in [2.45, 2.75) is 364 Å². The third kappa shape index (κ3) is 13.2. The summed E-state index contributed by atoms with van der Waals surface area (Å²) in [7, 11) is -5.24. The molecule has 0 aromatic heterocycles. The van der Waals surface area contributed by atoms with Crippen molar-refractivity contribution in [1.29, 1.82) is 0 Å². The summed E-state index contributed by atoms with van der Waals surface area (Å²) in [6.07, 6.45) is 59.7. The second-order valence-electron chi connectivity index (χ2n) is 41.2. The zero-order chi connectivity index (χ0) is 70.7. The monoisotopic (exact) mass is 1360 g/mol. The molecule has 12 aliphatic rings. The van der Waals surface area contributed by atoms with Crippen molar-refractivity contribution in [3.63, 3.8) is 0 Å². The van der Waals surface area contributed by atoms with Gasteiger partial charge in [0, 0.05) is 36.1 Å². The summed E-state index contributed by atoms with van der Waals surface area (Å²) in [6.45, 7) is 60.9. The summed E-state index contributed by atoms with van der Waals surface area (Å²) in [5, 5.41) is 0.576. The first-order valence-electron chi connectivity index (χ1n) is 40.8. The predicted molar refractivity (Wildman–Crippen MR) is 420 cm³/mol. The largest absolute Gasteiger partial charge is 0.414 e. The van der Waals surface area contributed by atoms with E-state index in [-0.39, 0.29) is 5.04 Å². The van der Waals surface area contributed by atoms with E-state index in [0.29, 0.717) is 96.1 Å². The van der Waals surface area contributed by atoms with E-state index >= 15 is 0 Å². The summed E-state index contributed by atoms with van der Waals surface area (Å²) >= 11 is 0. The Morgan fingerprint density at radius 1 is 0.406 bits per heavy atom. The molecule has 9 fully saturated rings. The van der Waals surface area contributed by atoms with Gasteiger partial charge in [-0.2, -0.15) is 0 Å². The SMILES string of the molecule is C#C[C@H](C)[C@H]1CC[C@H]2C3=CC=C4C[C@@H](O[Si](C)(C)C(C)(C)C)CC[C@]4(C)[C@H]3CC[C@]12C.C#C[C@H](C)[C@H]1CC[C@H]2[C@@H]3CC=C4C[C@@H](O[Si](C(C)C)(C(C)C)C(C)C)CC[C@]4(C)[C@H]3CC[C@]12C.C#C[C@H](C)[C@H]1CC[C@H]2[C@@H]3CC=C4C[C@@H](O[Si](C)(C)C(C)(C)C)CC[C@]4(C)[C@H]3CC[C@]12C. The van der Waals surface area contributed by atoms with Gasteiger partial charge in [-0.25, -0.2) is 0 Å². The summed E-state index contributed by atoms with van der Waals surface area (Å²) in [5.74, 6) is 19.4. The zero-order valence-corrected chi connectivity index (χ0v) is 70.1. The van der Waals surface area contributed by atoms with Crippen LogP contribution in [0.3, 0.4) is 0 Å². The third-order valence-corrected chi connectivity index (χ3v) is 49.3. The maximum Gasteiger partial charge on any atom is 0.200 e. The van der Waals surface area contributed by atoms with E-state index in [1.54, 1.807) is 22.3 Å². The standard InChI is InChI=1S/C32H54OSi.C29H48OSi.C29H46OSi/c1-11-24(8)28-14-15-29-27-13-12-25-20-26(33-34(21(2)3,22(4)5)23(6)7)16-18-31(25,9)30(27)17-19-32(28,29)10;2*1-10-20(2)24-13-14-25-23-12-11-21-19-22(30-31(8,9)27(3,4)5)15-17-28(21,6)26(23)16-18-29(24,25)7/h1,12,21-24,26-30H,13-20H2,2-10H3;1,11,20,22-26H,12-19H2,2-9H3;1,11-12,20,22,24-26H,13-19H2,2-9H3/t24-,26-,27-,28+,29-,30-,31-,32+;20-,22-,23-,24+,25-,26-,28-,29+;20-,22-,24+,25-,26-,28-,29+/m000/s1. The molecule has 0 saturated heterocycles. The lowest BCUT2D eigenvalue weighted by Gasteiger charge is -2.59. The van der Waals surface area contributed by atoms with Gasteiger partial charge in [-0.3, -0.25) is 0 Å². The Bertz CT molecular complexity index is 3020. The number of terminal acetylenes is 3. The fourth-order valence-corrected chi connectivity index (χ4v) is 34.7. The molecule has 12 rings (SSSR count). The maximum absolute atomic E-state index is 7.31. The Morgan fingerprint density at radius 2 is 0.771 bits per heavy atom. The Labute approximate surface area is 597 Å². The molecule has 6 heteroatoms. The van der Waals surface area contributed by atoms with Crippen LogP contribution in [0.4, 0.5) is 0 Å². The summed E-state index contributed by atoms with van der Waals surface area (Å²) in [5.41, 5.74) is 11.5. The van der Waals surface area contributed by atoms with E-state index in [9.17, 15) is 0 Å². The lowest BCUT2D eigenvalue weighted by Crippen LogP contribution is -2.53. The average Bonchev–Trinajstić information content (AvgIpc) is 1.37. The van der Waals surface area contributed by atoms with Gasteiger partial charge < -0.3 is 13.3 Å². The molecule has 0 unspecified atom stereocenters. The minimum Gasteiger partial charge on any atom is -0.414 e. The predicted octanol–water partition coefficient (Wildman–Crippen LogP) is 25.8. The summed E-state index contributed by atoms with van der Waals surface area (Å²) in [4.78, 5) is 0. The van der Waals surface area contributed by atoms with E-state index < -0.39 is 25.0 Å². The first kappa shape index (κ1) is 76.8. The second kappa shape index (κ2) is 27.7. The van der Waals surface area contributed by atoms with Gasteiger partial charge in [0.15, 0.2) is 16.6 Å². The lowest BCUT2D eigenvalue weighted by atomic mass is 9.47. The molecule has 0 amide bonds. The van der Waals surface area contributed by atoms with Gasteiger partial charge in [0.1, 0.15) is 0 Å². The van der Waals surface area contributed by atoms with Crippen molar-refractivity contribution in [2.24, 2.45) is 115 Å². The van der Waals surface area contributed by atoms with Crippen LogP contribution in [0.5, 0.6) is 0 Å². The topological polar surface area (TPSA) is 27.7 Å². The second-order valence-corrected chi connectivity index (χ2v) is 56.2. The molecular weight excluding hydrogens is 1210 g/mol. The van der Waals surface area contributed by atoms with Crippen LogP contribution in [0.25, 0.3) is 0 Å². The molecule has 0 aromatic carbocycles. The van der Waals surface area contributed by atoms with Gasteiger partial charge in [-0.1, -0.05) is 192 Å². The molecule has 0 aliphatic heterocycles. The van der Waals surface area contributed by atoms with Crippen LogP contribution < -0.4 is 0 Å². The first-order chi connectivity index (χ1) is 44.6. The molecule has 0 aromatic rings. The molecule has 0 spiro atoms. The van der Waals surface area contributed by atoms with Gasteiger partial charge in [-0.15, -0.1) is 37.0 Å². The molecule has 0 bridgehead atoms. The Hall–Kier alpha value is -1.83. The average molecular weight is 1360 g/mol. The highest BCUT2D eigenvalue weighted by molar-refractivity contribution is 6.77. The molecule has 0 radical (unpaired) electrons. The van der Waals surface area contributed by atoms with Gasteiger partial charge in [0.05, 0.1) is 0 Å². The van der Waals surface area contributed by atoms with E-state index in [1.165, 1.54) is 141 Å². The molecule has 538 valence electrons. The first-order valence-corrected chi connectivity index (χ1v) is 48.8. The summed E-state index contributed by atoms with van der Waals surface area (Å²) < 4.78 is 21.1. The van der Waals surface area contributed by atoms with Crippen LogP contribution in [0, 0.1) is 152 Å². The number of hydrogen-bond donors (Lipinski definition) is 0. The van der Waals surface area contributed by atoms with E-state index in [4.69, 9.17) is 32.5 Å². The summed E-state index contributed by atoms with van der Waals surface area (Å²) in [6, 6.07) is 0. The number of rotatable bonds is 12. The van der Waals surface area contributed by atoms with Crippen LogP contribution in [0.2, 0.25) is 52.9 Å². The van der Waals surface area contributed by atoms with Crippen LogP contribution in [0.1, 0.15) is 293 Å². The van der Waals surface area contributed by atoms with Crippen molar-refractivity contribution in [3.8, 4) is 37.0 Å². The zero-order valence-electron chi connectivity index (χ0n) is 67.1. The highest BCUT2D eigenvalue weighted by atomic mass is 28.4. The molecule has 23 atom stereocenters. The van der Waals surface area contributed by atoms with Crippen molar-refractivity contribution >= 4 is 25.0 Å². The van der Waals surface area contributed by atoms with Crippen molar-refractivity contribution in [1.82, 2.24) is 0 Å². The molecule has 96 heavy (non-hydrogen) atoms. The Kier molecular flexibility index (Phi) is 22.1. The number of allylic oxidation sites excluding steroid dienone is 5.